The van der Waals surface area contributed by atoms with Crippen LogP contribution in [-0.4, -0.2) is 40.3 Å². The van der Waals surface area contributed by atoms with E-state index in [0.29, 0.717) is 18.5 Å². The van der Waals surface area contributed by atoms with Crippen LogP contribution in [0.3, 0.4) is 0 Å². The van der Waals surface area contributed by atoms with Crippen LogP contribution in [0.2, 0.25) is 0 Å². The van der Waals surface area contributed by atoms with Gasteiger partial charge in [-0.2, -0.15) is 5.26 Å². The number of nitrogens with one attached hydrogen (secondary N) is 1. The highest BCUT2D eigenvalue weighted by Crippen LogP contribution is 2.39. The SMILES string of the molecule is CC(C)(C)c1ccc(N(C(=O)C2CCCN2C#N)C(C(=O)NC2CCCCC2)c2cccnc2)s1. The van der Waals surface area contributed by atoms with E-state index in [2.05, 4.69) is 37.3 Å². The van der Waals surface area contributed by atoms with Crippen LogP contribution in [0.25, 0.3) is 0 Å². The minimum atomic E-state index is -0.856. The van der Waals surface area contributed by atoms with Crippen LogP contribution in [0, 0.1) is 11.5 Å². The smallest absolute Gasteiger partial charge is 0.252 e. The number of nitriles is 1. The number of rotatable bonds is 6. The maximum atomic E-state index is 14.1. The van der Waals surface area contributed by atoms with Gasteiger partial charge >= 0.3 is 0 Å². The number of carbonyl (C=O) groups is 2. The van der Waals surface area contributed by atoms with E-state index >= 15 is 0 Å². The number of hydrogen-bond donors (Lipinski definition) is 1. The first kappa shape index (κ1) is 25.2. The standard InChI is InChI=1S/C27H35N5O2S/c1-27(2,3)22-13-14-23(35-22)32(26(34)21-12-8-16-31(21)18-28)24(19-9-7-15-29-17-19)25(33)30-20-10-5-4-6-11-20/h7,9,13-15,17,20-21,24H,4-6,8,10-12,16H2,1-3H3,(H,30,33). The summed E-state index contributed by atoms with van der Waals surface area (Å²) >= 11 is 1.53. The third-order valence-electron chi connectivity index (χ3n) is 6.93. The highest BCUT2D eigenvalue weighted by molar-refractivity contribution is 7.16. The fourth-order valence-electron chi connectivity index (χ4n) is 5.01. The Bertz CT molecular complexity index is 1070. The topological polar surface area (TPSA) is 89.3 Å². The van der Waals surface area contributed by atoms with E-state index in [0.717, 1.165) is 42.0 Å². The fraction of sp³-hybridized carbons (Fsp3) is 0.556. The van der Waals surface area contributed by atoms with Gasteiger partial charge in [-0.25, -0.2) is 0 Å². The number of aromatic nitrogens is 1. The normalized spacial score (nSPS) is 19.7. The zero-order valence-electron chi connectivity index (χ0n) is 20.9. The Balaban J connectivity index is 1.77. The van der Waals surface area contributed by atoms with Crippen molar-refractivity contribution in [2.75, 3.05) is 11.4 Å². The van der Waals surface area contributed by atoms with Gasteiger partial charge in [-0.05, 0) is 49.3 Å². The lowest BCUT2D eigenvalue weighted by molar-refractivity contribution is -0.128. The lowest BCUT2D eigenvalue weighted by Crippen LogP contribution is -2.51. The lowest BCUT2D eigenvalue weighted by atomic mass is 9.94. The summed E-state index contributed by atoms with van der Waals surface area (Å²) in [6.07, 6.45) is 12.2. The van der Waals surface area contributed by atoms with Gasteiger partial charge in [0.1, 0.15) is 12.1 Å². The molecule has 2 unspecified atom stereocenters. The number of hydrogen-bond acceptors (Lipinski definition) is 6. The Morgan fingerprint density at radius 1 is 1.17 bits per heavy atom. The Hall–Kier alpha value is -2.92. The van der Waals surface area contributed by atoms with Crippen molar-refractivity contribution in [2.24, 2.45) is 0 Å². The average molecular weight is 494 g/mol. The molecule has 1 saturated heterocycles. The van der Waals surface area contributed by atoms with Crippen LogP contribution in [0.4, 0.5) is 5.00 Å². The van der Waals surface area contributed by atoms with Crippen LogP contribution in [-0.2, 0) is 15.0 Å². The molecule has 35 heavy (non-hydrogen) atoms. The molecule has 1 aliphatic carbocycles. The van der Waals surface area contributed by atoms with E-state index in [1.165, 1.54) is 17.8 Å². The molecule has 1 aliphatic heterocycles. The van der Waals surface area contributed by atoms with E-state index < -0.39 is 12.1 Å². The quantitative estimate of drug-likeness (QED) is 0.578. The molecule has 4 rings (SSSR count). The van der Waals surface area contributed by atoms with E-state index in [9.17, 15) is 14.9 Å². The summed E-state index contributed by atoms with van der Waals surface area (Å²) in [5.41, 5.74) is 0.582. The number of pyridine rings is 1. The molecule has 1 N–H and O–H groups in total. The molecule has 2 fully saturated rings. The average Bonchev–Trinajstić information content (AvgIpc) is 3.53. The van der Waals surface area contributed by atoms with Gasteiger partial charge in [0.25, 0.3) is 5.91 Å². The number of amides is 2. The first-order chi connectivity index (χ1) is 16.8. The molecule has 0 bridgehead atoms. The maximum absolute atomic E-state index is 14.1. The van der Waals surface area contributed by atoms with Gasteiger partial charge in [0.15, 0.2) is 6.19 Å². The van der Waals surface area contributed by atoms with E-state index in [1.807, 2.05) is 18.2 Å². The summed E-state index contributed by atoms with van der Waals surface area (Å²) in [6.45, 7) is 6.97. The molecule has 0 radical (unpaired) electrons. The summed E-state index contributed by atoms with van der Waals surface area (Å²) < 4.78 is 0. The Morgan fingerprint density at radius 3 is 2.57 bits per heavy atom. The number of carbonyl (C=O) groups excluding carboxylic acids is 2. The highest BCUT2D eigenvalue weighted by atomic mass is 32.1. The predicted molar refractivity (Wildman–Crippen MR) is 138 cm³/mol. The molecule has 2 atom stereocenters. The summed E-state index contributed by atoms with van der Waals surface area (Å²) in [5, 5.41) is 13.6. The first-order valence-corrected chi connectivity index (χ1v) is 13.4. The van der Waals surface area contributed by atoms with Gasteiger partial charge in [-0.1, -0.05) is 46.1 Å². The summed E-state index contributed by atoms with van der Waals surface area (Å²) in [6, 6.07) is 6.32. The van der Waals surface area contributed by atoms with Crippen molar-refractivity contribution in [1.29, 1.82) is 5.26 Å². The molecule has 3 heterocycles. The van der Waals surface area contributed by atoms with Crippen molar-refractivity contribution in [3.8, 4) is 6.19 Å². The van der Waals surface area contributed by atoms with Crippen LogP contribution in [0.5, 0.6) is 0 Å². The zero-order chi connectivity index (χ0) is 25.0. The summed E-state index contributed by atoms with van der Waals surface area (Å²) in [5.74, 6) is -0.399. The fourth-order valence-corrected chi connectivity index (χ4v) is 6.11. The third-order valence-corrected chi connectivity index (χ3v) is 8.44. The molecule has 1 saturated carbocycles. The van der Waals surface area contributed by atoms with Gasteiger partial charge in [0.05, 0.1) is 5.00 Å². The van der Waals surface area contributed by atoms with E-state index in [4.69, 9.17) is 0 Å². The lowest BCUT2D eigenvalue weighted by Gasteiger charge is -2.34. The van der Waals surface area contributed by atoms with Crippen LogP contribution in [0.15, 0.2) is 36.7 Å². The van der Waals surface area contributed by atoms with Crippen molar-refractivity contribution in [3.05, 3.63) is 47.1 Å². The predicted octanol–water partition coefficient (Wildman–Crippen LogP) is 4.91. The summed E-state index contributed by atoms with van der Waals surface area (Å²) in [7, 11) is 0. The van der Waals surface area contributed by atoms with Crippen LogP contribution < -0.4 is 10.2 Å². The van der Waals surface area contributed by atoms with Crippen molar-refractivity contribution < 1.29 is 9.59 Å². The maximum Gasteiger partial charge on any atom is 0.252 e. The van der Waals surface area contributed by atoms with Gasteiger partial charge < -0.3 is 5.32 Å². The molecule has 8 heteroatoms. The van der Waals surface area contributed by atoms with Crippen LogP contribution in [0.1, 0.15) is 82.2 Å². The molecule has 186 valence electrons. The van der Waals surface area contributed by atoms with Gasteiger partial charge in [-0.15, -0.1) is 11.3 Å². The van der Waals surface area contributed by atoms with Gasteiger partial charge in [0, 0.05) is 35.4 Å². The molecule has 0 aromatic carbocycles. The third kappa shape index (κ3) is 5.67. The van der Waals surface area contributed by atoms with Gasteiger partial charge in [-0.3, -0.25) is 24.4 Å². The number of anilines is 1. The minimum absolute atomic E-state index is 0.0855. The molecule has 7 nitrogen and oxygen atoms in total. The van der Waals surface area contributed by atoms with Crippen molar-refractivity contribution >= 4 is 28.2 Å². The molecular weight excluding hydrogens is 458 g/mol. The monoisotopic (exact) mass is 493 g/mol. The molecule has 2 aromatic heterocycles. The summed E-state index contributed by atoms with van der Waals surface area (Å²) in [4.78, 5) is 36.6. The number of thiophene rings is 1. The van der Waals surface area contributed by atoms with E-state index in [-0.39, 0.29) is 23.3 Å². The largest absolute Gasteiger partial charge is 0.351 e. The second-order valence-corrected chi connectivity index (χ2v) is 11.6. The molecule has 0 spiro atoms. The van der Waals surface area contributed by atoms with Crippen molar-refractivity contribution in [3.63, 3.8) is 0 Å². The number of nitrogens with zero attached hydrogens (tertiary/aromatic N) is 4. The Labute approximate surface area is 212 Å². The molecule has 2 aromatic rings. The Morgan fingerprint density at radius 2 is 1.94 bits per heavy atom. The van der Waals surface area contributed by atoms with Crippen molar-refractivity contribution in [1.82, 2.24) is 15.2 Å². The highest BCUT2D eigenvalue weighted by Gasteiger charge is 2.41. The zero-order valence-corrected chi connectivity index (χ0v) is 21.7. The van der Waals surface area contributed by atoms with Gasteiger partial charge in [0.2, 0.25) is 5.91 Å². The molecule has 2 aliphatic rings. The number of likely N-dealkylation sites (tertiary alicyclic amines) is 1. The molecular formula is C27H35N5O2S. The molecule has 2 amide bonds. The first-order valence-electron chi connectivity index (χ1n) is 12.6. The van der Waals surface area contributed by atoms with E-state index in [1.54, 1.807) is 28.3 Å². The van der Waals surface area contributed by atoms with Crippen LogP contribution >= 0.6 is 11.3 Å². The second-order valence-electron chi connectivity index (χ2n) is 10.6. The Kier molecular flexibility index (Phi) is 7.75. The second kappa shape index (κ2) is 10.8. The van der Waals surface area contributed by atoms with Crippen molar-refractivity contribution in [2.45, 2.75) is 89.3 Å². The minimum Gasteiger partial charge on any atom is -0.351 e.